The van der Waals surface area contributed by atoms with Crippen LogP contribution in [0, 0.1) is 11.3 Å². The Labute approximate surface area is 75.3 Å². The number of thioether (sulfide) groups is 1. The lowest BCUT2D eigenvalue weighted by Gasteiger charge is -2.12. The van der Waals surface area contributed by atoms with Gasteiger partial charge < -0.3 is 0 Å². The first-order valence-corrected chi connectivity index (χ1v) is 6.14. The number of hydrogen-bond acceptors (Lipinski definition) is 1. The molecule has 2 heteroatoms. The first kappa shape index (κ1) is 7.48. The summed E-state index contributed by atoms with van der Waals surface area (Å²) in [6, 6.07) is 0. The van der Waals surface area contributed by atoms with Crippen molar-refractivity contribution in [2.24, 2.45) is 11.3 Å². The fourth-order valence-corrected chi connectivity index (χ4v) is 4.67. The molecule has 2 fully saturated rings. The minimum atomic E-state index is 0.786. The molecule has 0 aromatic heterocycles. The molecule has 0 radical (unpaired) electrons. The van der Waals surface area contributed by atoms with Crippen molar-refractivity contribution in [1.82, 2.24) is 0 Å². The molecule has 2 aliphatic rings. The Morgan fingerprint density at radius 3 is 2.90 bits per heavy atom. The summed E-state index contributed by atoms with van der Waals surface area (Å²) < 4.78 is 0. The predicted octanol–water partition coefficient (Wildman–Crippen LogP) is 2.91. The lowest BCUT2D eigenvalue weighted by molar-refractivity contribution is 0.475. The van der Waals surface area contributed by atoms with Crippen LogP contribution in [0.3, 0.4) is 0 Å². The van der Waals surface area contributed by atoms with E-state index in [0.29, 0.717) is 0 Å². The van der Waals surface area contributed by atoms with Crippen molar-refractivity contribution in [2.75, 3.05) is 11.1 Å². The van der Waals surface area contributed by atoms with Crippen LogP contribution in [0.2, 0.25) is 0 Å². The molecule has 1 aliphatic heterocycles. The van der Waals surface area contributed by atoms with E-state index >= 15 is 0 Å². The molecule has 0 bridgehead atoms. The van der Waals surface area contributed by atoms with Crippen molar-refractivity contribution >= 4 is 27.7 Å². The summed E-state index contributed by atoms with van der Waals surface area (Å²) in [7, 11) is 0. The van der Waals surface area contributed by atoms with E-state index in [1.54, 1.807) is 0 Å². The van der Waals surface area contributed by atoms with E-state index in [2.05, 4.69) is 34.6 Å². The van der Waals surface area contributed by atoms with Crippen LogP contribution in [-0.2, 0) is 0 Å². The minimum absolute atomic E-state index is 0.786. The average Bonchev–Trinajstić information content (AvgIpc) is 2.52. The third-order valence-electron chi connectivity index (χ3n) is 3.21. The summed E-state index contributed by atoms with van der Waals surface area (Å²) >= 11 is 5.74. The molecule has 0 aromatic rings. The smallest absolute Gasteiger partial charge is 0.00785 e. The monoisotopic (exact) mass is 220 g/mol. The first-order chi connectivity index (χ1) is 4.79. The van der Waals surface area contributed by atoms with Crippen LogP contribution >= 0.6 is 27.7 Å². The first-order valence-electron chi connectivity index (χ1n) is 3.97. The molecule has 3 unspecified atom stereocenters. The predicted molar refractivity (Wildman–Crippen MR) is 50.9 cm³/mol. The largest absolute Gasteiger partial charge is 0.158 e. The molecule has 0 aromatic carbocycles. The zero-order valence-corrected chi connectivity index (χ0v) is 8.67. The summed E-state index contributed by atoms with van der Waals surface area (Å²) in [5.41, 5.74) is 0.786. The molecule has 1 spiro atoms. The Balaban J connectivity index is 2.04. The maximum absolute atomic E-state index is 3.58. The third-order valence-corrected chi connectivity index (χ3v) is 5.40. The van der Waals surface area contributed by atoms with Gasteiger partial charge in [0.05, 0.1) is 0 Å². The van der Waals surface area contributed by atoms with Gasteiger partial charge in [-0.15, -0.1) is 0 Å². The maximum atomic E-state index is 3.58. The SMILES string of the molecule is CC1SCCC12CC2CBr. The average molecular weight is 221 g/mol. The van der Waals surface area contributed by atoms with Gasteiger partial charge in [-0.3, -0.25) is 0 Å². The van der Waals surface area contributed by atoms with Crippen LogP contribution in [-0.4, -0.2) is 16.3 Å². The Kier molecular flexibility index (Phi) is 1.80. The topological polar surface area (TPSA) is 0 Å². The van der Waals surface area contributed by atoms with Gasteiger partial charge in [-0.2, -0.15) is 11.8 Å². The second-order valence-corrected chi connectivity index (χ2v) is 5.65. The van der Waals surface area contributed by atoms with Gasteiger partial charge in [-0.1, -0.05) is 22.9 Å². The highest BCUT2D eigenvalue weighted by Gasteiger charge is 2.58. The van der Waals surface area contributed by atoms with Crippen LogP contribution in [0.15, 0.2) is 0 Å². The highest BCUT2D eigenvalue weighted by molar-refractivity contribution is 9.09. The molecule has 1 saturated heterocycles. The van der Waals surface area contributed by atoms with Gasteiger partial charge in [0.1, 0.15) is 0 Å². The quantitative estimate of drug-likeness (QED) is 0.613. The van der Waals surface area contributed by atoms with Crippen molar-refractivity contribution in [1.29, 1.82) is 0 Å². The molecule has 1 heterocycles. The summed E-state index contributed by atoms with van der Waals surface area (Å²) in [5, 5.41) is 2.17. The summed E-state index contributed by atoms with van der Waals surface area (Å²) in [6.07, 6.45) is 2.97. The molecule has 2 rings (SSSR count). The number of alkyl halides is 1. The molecular weight excluding hydrogens is 208 g/mol. The number of hydrogen-bond donors (Lipinski definition) is 0. The van der Waals surface area contributed by atoms with Crippen LogP contribution in [0.25, 0.3) is 0 Å². The molecule has 0 amide bonds. The van der Waals surface area contributed by atoms with E-state index in [1.807, 2.05) is 0 Å². The summed E-state index contributed by atoms with van der Waals surface area (Å²) in [6.45, 7) is 2.40. The second-order valence-electron chi connectivity index (χ2n) is 3.55. The van der Waals surface area contributed by atoms with Gasteiger partial charge in [-0.25, -0.2) is 0 Å². The van der Waals surface area contributed by atoms with Gasteiger partial charge in [0.2, 0.25) is 0 Å². The Hall–Kier alpha value is 0.830. The molecule has 0 N–H and O–H groups in total. The standard InChI is InChI=1S/C8H13BrS/c1-6-8(2-3-10-6)4-7(8)5-9/h6-7H,2-5H2,1H3. The van der Waals surface area contributed by atoms with E-state index in [1.165, 1.54) is 23.9 Å². The number of rotatable bonds is 1. The van der Waals surface area contributed by atoms with E-state index in [4.69, 9.17) is 0 Å². The fraction of sp³-hybridized carbons (Fsp3) is 1.00. The summed E-state index contributed by atoms with van der Waals surface area (Å²) in [4.78, 5) is 0. The lowest BCUT2D eigenvalue weighted by Crippen LogP contribution is -2.11. The van der Waals surface area contributed by atoms with Crippen LogP contribution in [0.1, 0.15) is 19.8 Å². The van der Waals surface area contributed by atoms with Crippen molar-refractivity contribution in [3.05, 3.63) is 0 Å². The third kappa shape index (κ3) is 0.878. The Morgan fingerprint density at radius 2 is 2.50 bits per heavy atom. The molecule has 58 valence electrons. The van der Waals surface area contributed by atoms with Crippen LogP contribution in [0.5, 0.6) is 0 Å². The molecule has 0 nitrogen and oxygen atoms in total. The highest BCUT2D eigenvalue weighted by atomic mass is 79.9. The molecule has 3 atom stereocenters. The zero-order valence-electron chi connectivity index (χ0n) is 6.27. The molecule has 1 saturated carbocycles. The molecule has 10 heavy (non-hydrogen) atoms. The Bertz CT molecular complexity index is 148. The lowest BCUT2D eigenvalue weighted by atomic mass is 9.98. The van der Waals surface area contributed by atoms with Gasteiger partial charge in [0.15, 0.2) is 0 Å². The highest BCUT2D eigenvalue weighted by Crippen LogP contribution is 2.65. The number of halogens is 1. The van der Waals surface area contributed by atoms with E-state index in [9.17, 15) is 0 Å². The van der Waals surface area contributed by atoms with Gasteiger partial charge in [0, 0.05) is 10.6 Å². The van der Waals surface area contributed by atoms with Crippen molar-refractivity contribution in [3.63, 3.8) is 0 Å². The second kappa shape index (κ2) is 2.41. The van der Waals surface area contributed by atoms with E-state index in [-0.39, 0.29) is 0 Å². The maximum Gasteiger partial charge on any atom is 0.00785 e. The minimum Gasteiger partial charge on any atom is -0.158 e. The Morgan fingerprint density at radius 1 is 1.70 bits per heavy atom. The van der Waals surface area contributed by atoms with Crippen molar-refractivity contribution in [2.45, 2.75) is 25.0 Å². The van der Waals surface area contributed by atoms with Gasteiger partial charge in [0.25, 0.3) is 0 Å². The summed E-state index contributed by atoms with van der Waals surface area (Å²) in [5.74, 6) is 2.42. The normalized spacial score (nSPS) is 52.2. The van der Waals surface area contributed by atoms with Crippen molar-refractivity contribution in [3.8, 4) is 0 Å². The van der Waals surface area contributed by atoms with Gasteiger partial charge in [-0.05, 0) is 29.9 Å². The van der Waals surface area contributed by atoms with Gasteiger partial charge >= 0.3 is 0 Å². The zero-order chi connectivity index (χ0) is 7.19. The fourth-order valence-electron chi connectivity index (χ4n) is 2.21. The molecular formula is C8H13BrS. The van der Waals surface area contributed by atoms with E-state index < -0.39 is 0 Å². The van der Waals surface area contributed by atoms with Crippen LogP contribution in [0.4, 0.5) is 0 Å². The van der Waals surface area contributed by atoms with E-state index in [0.717, 1.165) is 16.6 Å². The van der Waals surface area contributed by atoms with Crippen LogP contribution < -0.4 is 0 Å². The van der Waals surface area contributed by atoms with Crippen molar-refractivity contribution < 1.29 is 0 Å². The molecule has 1 aliphatic carbocycles.